The maximum Gasteiger partial charge on any atom is 0.293 e. The Bertz CT molecular complexity index is 1460. The minimum atomic E-state index is -4.31. The Morgan fingerprint density at radius 3 is 2.30 bits per heavy atom. The smallest absolute Gasteiger partial charge is 0.293 e. The van der Waals surface area contributed by atoms with Crippen molar-refractivity contribution in [2.75, 3.05) is 37.4 Å². The van der Waals surface area contributed by atoms with Gasteiger partial charge in [-0.1, -0.05) is 26.0 Å². The molecular weight excluding hydrogens is 630 g/mol. The lowest BCUT2D eigenvalue weighted by molar-refractivity contribution is -0.147. The van der Waals surface area contributed by atoms with Gasteiger partial charge in [-0.3, -0.25) is 43.0 Å². The summed E-state index contributed by atoms with van der Waals surface area (Å²) < 4.78 is 40.9. The second-order valence-corrected chi connectivity index (χ2v) is 12.3. The number of rotatable bonds is 17. The number of hydrogen-bond donors (Lipinski definition) is 4. The zero-order valence-electron chi connectivity index (χ0n) is 25.0. The van der Waals surface area contributed by atoms with Crippen LogP contribution in [0.2, 0.25) is 0 Å². The Morgan fingerprint density at radius 2 is 1.72 bits per heavy atom. The van der Waals surface area contributed by atoms with E-state index in [1.54, 1.807) is 38.1 Å². The third-order valence-electron chi connectivity index (χ3n) is 7.01. The average molecular weight is 666 g/mol. The molecule has 6 amide bonds. The number of anilines is 1. The van der Waals surface area contributed by atoms with Gasteiger partial charge in [0.15, 0.2) is 0 Å². The van der Waals surface area contributed by atoms with Crippen LogP contribution in [0.1, 0.15) is 25.8 Å². The number of carbonyl (C=O) groups excluding carboxylic acids is 7. The lowest BCUT2D eigenvalue weighted by Gasteiger charge is -2.27. The van der Waals surface area contributed by atoms with Gasteiger partial charge in [0.1, 0.15) is 18.7 Å². The van der Waals surface area contributed by atoms with Crippen molar-refractivity contribution >= 4 is 57.7 Å². The first-order chi connectivity index (χ1) is 21.7. The predicted octanol–water partition coefficient (Wildman–Crippen LogP) is -1.65. The molecule has 0 radical (unpaired) electrons. The van der Waals surface area contributed by atoms with E-state index in [9.17, 15) is 42.0 Å². The number of carbonyl (C=O) groups is 7. The Labute approximate surface area is 264 Å². The minimum Gasteiger partial charge on any atom is -0.463 e. The SMILES string of the molecule is CC(C)C(NC(=O)CN1C(=O)C(N2C(=O)C=CC2=O)CC1COCCS(=O)(=O)O)C(=O)NCC(=O)Nc1ccc(COC=O)cc1. The van der Waals surface area contributed by atoms with Crippen LogP contribution in [0, 0.1) is 5.92 Å². The number of likely N-dealkylation sites (tertiary alicyclic amines) is 1. The number of ether oxygens (including phenoxy) is 2. The number of nitrogens with zero attached hydrogens (tertiary/aromatic N) is 2. The van der Waals surface area contributed by atoms with E-state index < -0.39 is 95.1 Å². The van der Waals surface area contributed by atoms with Gasteiger partial charge in [-0.2, -0.15) is 8.42 Å². The summed E-state index contributed by atoms with van der Waals surface area (Å²) in [5.41, 5.74) is 1.13. The van der Waals surface area contributed by atoms with Crippen molar-refractivity contribution in [3.8, 4) is 0 Å². The van der Waals surface area contributed by atoms with Gasteiger partial charge >= 0.3 is 0 Å². The highest BCUT2D eigenvalue weighted by atomic mass is 32.2. The summed E-state index contributed by atoms with van der Waals surface area (Å²) in [7, 11) is -4.31. The van der Waals surface area contributed by atoms with E-state index in [0.717, 1.165) is 22.0 Å². The van der Waals surface area contributed by atoms with Crippen LogP contribution in [-0.2, 0) is 59.8 Å². The zero-order valence-corrected chi connectivity index (χ0v) is 25.9. The number of amides is 6. The molecule has 0 aromatic heterocycles. The van der Waals surface area contributed by atoms with Gasteiger partial charge in [-0.25, -0.2) is 0 Å². The van der Waals surface area contributed by atoms with Crippen molar-refractivity contribution in [2.45, 2.75) is 45.0 Å². The molecule has 0 spiro atoms. The summed E-state index contributed by atoms with van der Waals surface area (Å²) in [4.78, 5) is 88.3. The van der Waals surface area contributed by atoms with Gasteiger partial charge in [0.25, 0.3) is 28.4 Å². The maximum atomic E-state index is 13.3. The highest BCUT2D eigenvalue weighted by Gasteiger charge is 2.47. The molecule has 2 heterocycles. The molecule has 0 saturated carbocycles. The molecule has 1 fully saturated rings. The van der Waals surface area contributed by atoms with E-state index in [4.69, 9.17) is 9.29 Å². The van der Waals surface area contributed by atoms with E-state index in [0.29, 0.717) is 17.7 Å². The van der Waals surface area contributed by atoms with E-state index in [1.165, 1.54) is 0 Å². The van der Waals surface area contributed by atoms with Crippen LogP contribution in [0.5, 0.6) is 0 Å². The Balaban J connectivity index is 1.60. The highest BCUT2D eigenvalue weighted by molar-refractivity contribution is 7.85. The summed E-state index contributed by atoms with van der Waals surface area (Å²) in [6, 6.07) is 3.26. The maximum absolute atomic E-state index is 13.3. The van der Waals surface area contributed by atoms with Crippen LogP contribution >= 0.6 is 0 Å². The molecule has 4 N–H and O–H groups in total. The van der Waals surface area contributed by atoms with Crippen molar-refractivity contribution < 1.29 is 56.0 Å². The number of hydrogen-bond acceptors (Lipinski definition) is 11. The van der Waals surface area contributed by atoms with Crippen molar-refractivity contribution in [1.29, 1.82) is 0 Å². The van der Waals surface area contributed by atoms with Crippen LogP contribution in [-0.4, -0.2) is 115 Å². The summed E-state index contributed by atoms with van der Waals surface area (Å²) in [5, 5.41) is 7.60. The highest BCUT2D eigenvalue weighted by Crippen LogP contribution is 2.26. The second kappa shape index (κ2) is 16.1. The molecule has 1 aromatic carbocycles. The molecule has 46 heavy (non-hydrogen) atoms. The molecular formula is C28H35N5O12S. The standard InChI is InChI=1S/C28H35N5O12S/c1-17(2)26(27(39)29-12-22(35)30-19-5-3-18(4-6-19)14-45-16-34)31-23(36)13-32-20(15-44-9-10-46(41,42)43)11-21(28(32)40)33-24(37)7-8-25(33)38/h3-8,16-17,20-21,26H,9-15H2,1-2H3,(H,29,39)(H,30,35)(H,31,36)(H,41,42,43). The number of nitrogens with one attached hydrogen (secondary N) is 3. The van der Waals surface area contributed by atoms with E-state index in [1.807, 2.05) is 0 Å². The first kappa shape index (κ1) is 35.8. The molecule has 0 bridgehead atoms. The Morgan fingerprint density at radius 1 is 1.07 bits per heavy atom. The van der Waals surface area contributed by atoms with Gasteiger partial charge in [-0.15, -0.1) is 0 Å². The topological polar surface area (TPSA) is 235 Å². The summed E-state index contributed by atoms with van der Waals surface area (Å²) in [6.45, 7) is 2.00. The van der Waals surface area contributed by atoms with Gasteiger partial charge in [0.05, 0.1) is 38.1 Å². The summed E-state index contributed by atoms with van der Waals surface area (Å²) in [5.74, 6) is -5.27. The van der Waals surface area contributed by atoms with Gasteiger partial charge in [-0.05, 0) is 23.6 Å². The fraction of sp³-hybridized carbons (Fsp3) is 0.464. The molecule has 2 aliphatic rings. The van der Waals surface area contributed by atoms with Crippen molar-refractivity contribution in [3.63, 3.8) is 0 Å². The van der Waals surface area contributed by atoms with E-state index in [-0.39, 0.29) is 19.6 Å². The molecule has 3 unspecified atom stereocenters. The fourth-order valence-electron chi connectivity index (χ4n) is 4.75. The first-order valence-corrected chi connectivity index (χ1v) is 15.7. The monoisotopic (exact) mass is 665 g/mol. The van der Waals surface area contributed by atoms with Crippen molar-refractivity contribution in [2.24, 2.45) is 5.92 Å². The second-order valence-electron chi connectivity index (χ2n) is 10.8. The molecule has 250 valence electrons. The lowest BCUT2D eigenvalue weighted by Crippen LogP contribution is -2.54. The van der Waals surface area contributed by atoms with Gasteiger partial charge < -0.3 is 30.3 Å². The number of benzene rings is 1. The quantitative estimate of drug-likeness (QED) is 0.0634. The average Bonchev–Trinajstić information content (AvgIpc) is 3.48. The van der Waals surface area contributed by atoms with Crippen LogP contribution in [0.3, 0.4) is 0 Å². The van der Waals surface area contributed by atoms with Crippen LogP contribution < -0.4 is 16.0 Å². The third kappa shape index (κ3) is 10.2. The van der Waals surface area contributed by atoms with Crippen LogP contribution in [0.25, 0.3) is 0 Å². The fourth-order valence-corrected chi connectivity index (χ4v) is 5.07. The lowest BCUT2D eigenvalue weighted by atomic mass is 10.0. The molecule has 2 aliphatic heterocycles. The normalized spacial score (nSPS) is 18.6. The minimum absolute atomic E-state index is 0.0728. The molecule has 3 atom stereocenters. The Kier molecular flexibility index (Phi) is 12.5. The molecule has 1 saturated heterocycles. The first-order valence-electron chi connectivity index (χ1n) is 14.1. The van der Waals surface area contributed by atoms with Gasteiger partial charge in [0.2, 0.25) is 23.6 Å². The zero-order chi connectivity index (χ0) is 34.0. The van der Waals surface area contributed by atoms with Gasteiger partial charge in [0, 0.05) is 24.3 Å². The third-order valence-corrected chi connectivity index (χ3v) is 7.70. The molecule has 18 heteroatoms. The van der Waals surface area contributed by atoms with Crippen LogP contribution in [0.4, 0.5) is 5.69 Å². The van der Waals surface area contributed by atoms with Crippen LogP contribution in [0.15, 0.2) is 36.4 Å². The Hall–Kier alpha value is -4.68. The van der Waals surface area contributed by atoms with E-state index in [2.05, 4.69) is 20.7 Å². The predicted molar refractivity (Wildman–Crippen MR) is 158 cm³/mol. The van der Waals surface area contributed by atoms with Crippen molar-refractivity contribution in [1.82, 2.24) is 20.4 Å². The molecule has 0 aliphatic carbocycles. The molecule has 3 rings (SSSR count). The largest absolute Gasteiger partial charge is 0.463 e. The summed E-state index contributed by atoms with van der Waals surface area (Å²) in [6.07, 6.45) is 1.92. The number of imide groups is 1. The molecule has 1 aromatic rings. The van der Waals surface area contributed by atoms with E-state index >= 15 is 0 Å². The molecule has 17 nitrogen and oxygen atoms in total. The summed E-state index contributed by atoms with van der Waals surface area (Å²) >= 11 is 0. The van der Waals surface area contributed by atoms with Crippen molar-refractivity contribution in [3.05, 3.63) is 42.0 Å².